The number of rotatable bonds is 11. The largest absolute Gasteiger partial charge is 0.508 e. The summed E-state index contributed by atoms with van der Waals surface area (Å²) in [4.78, 5) is 132. The number of aliphatic carboxylic acids is 1. The number of pyridine rings is 1. The Hall–Kier alpha value is -8.62. The van der Waals surface area contributed by atoms with E-state index < -0.39 is 84.2 Å². The van der Waals surface area contributed by atoms with E-state index in [1.165, 1.54) is 61.8 Å². The minimum atomic E-state index is -1.42. The van der Waals surface area contributed by atoms with Crippen LogP contribution in [0.3, 0.4) is 0 Å². The Balaban J connectivity index is 0.921. The van der Waals surface area contributed by atoms with Crippen LogP contribution in [0.4, 0.5) is 0 Å². The zero-order chi connectivity index (χ0) is 63.8. The minimum Gasteiger partial charge on any atom is -0.508 e. The molecule has 9 heterocycles. The number of nitrogens with one attached hydrogen (secondary N) is 4. The molecular formula is C61H57N13O11S6. The zero-order valence-electron chi connectivity index (χ0n) is 48.3. The van der Waals surface area contributed by atoms with Crippen LogP contribution < -0.4 is 27.0 Å². The van der Waals surface area contributed by atoms with E-state index in [1.807, 2.05) is 6.92 Å². The molecule has 7 aromatic heterocycles. The molecule has 30 heteroatoms. The smallest absolute Gasteiger partial charge is 0.306 e. The normalized spacial score (nSPS) is 21.6. The molecule has 1 saturated heterocycles. The minimum absolute atomic E-state index is 0.00716. The van der Waals surface area contributed by atoms with Crippen molar-refractivity contribution in [3.05, 3.63) is 147 Å². The van der Waals surface area contributed by atoms with Crippen LogP contribution in [-0.4, -0.2) is 127 Å². The Morgan fingerprint density at radius 2 is 1.33 bits per heavy atom. The van der Waals surface area contributed by atoms with E-state index in [1.54, 1.807) is 77.7 Å². The SMILES string of the molecule is Cc1sc2nc1C(=O)N[C@@H]([C@H](O)c1ccccc1)c1nc(cs1)C(=O)N[C@@H](Cc1ccc(O)cc1)C(=O)N1C[C@H](O)[C@H](C)[C@H]1c1nc(cs1)-c1nc(cs1)-c1nc(-c3nc(C(=O)NC[C@H]4CC[C@H](C(=O)O)CC4)cs3)ccc1-c1nc(cs1)C(=O)N[C@H]2CC(N)=O. The molecule has 0 spiro atoms. The molecule has 2 fully saturated rings. The first-order valence-electron chi connectivity index (χ1n) is 28.8. The number of phenolic OH excluding ortho intramolecular Hbond substituents is 1. The highest BCUT2D eigenvalue weighted by Crippen LogP contribution is 2.43. The predicted octanol–water partition coefficient (Wildman–Crippen LogP) is 7.91. The maximum Gasteiger partial charge on any atom is 0.306 e. The molecule has 91 heavy (non-hydrogen) atoms. The van der Waals surface area contributed by atoms with Crippen LogP contribution in [0.1, 0.15) is 136 Å². The van der Waals surface area contributed by atoms with Gasteiger partial charge >= 0.3 is 5.97 Å². The number of phenols is 1. The van der Waals surface area contributed by atoms with Crippen molar-refractivity contribution in [2.45, 2.75) is 88.7 Å². The molecule has 24 nitrogen and oxygen atoms in total. The van der Waals surface area contributed by atoms with Crippen LogP contribution >= 0.6 is 68.0 Å². The number of aromatic hydroxyl groups is 1. The van der Waals surface area contributed by atoms with Gasteiger partial charge in [-0.3, -0.25) is 33.6 Å². The maximum atomic E-state index is 15.2. The number of aliphatic hydroxyl groups excluding tert-OH is 2. The monoisotopic (exact) mass is 1340 g/mol. The summed E-state index contributed by atoms with van der Waals surface area (Å²) in [5.41, 5.74) is 8.76. The summed E-state index contributed by atoms with van der Waals surface area (Å²) in [5, 5.41) is 65.0. The average molecular weight is 1340 g/mol. The second-order valence-corrected chi connectivity index (χ2v) is 27.9. The third-order valence-corrected chi connectivity index (χ3v) is 21.7. The number of carboxylic acids is 1. The van der Waals surface area contributed by atoms with Crippen LogP contribution in [0.5, 0.6) is 5.75 Å². The number of benzene rings is 2. The van der Waals surface area contributed by atoms with Crippen molar-refractivity contribution in [2.24, 2.45) is 23.5 Å². The highest BCUT2D eigenvalue weighted by atomic mass is 32.1. The molecule has 10 N–H and O–H groups in total. The number of amides is 6. The zero-order valence-corrected chi connectivity index (χ0v) is 53.2. The Labute approximate surface area is 542 Å². The van der Waals surface area contributed by atoms with Crippen LogP contribution in [-0.2, 0) is 20.8 Å². The van der Waals surface area contributed by atoms with Gasteiger partial charge in [-0.25, -0.2) is 34.9 Å². The number of carboxylic acid groups (broad SMARTS) is 1. The second kappa shape index (κ2) is 26.7. The number of aliphatic hydroxyl groups is 2. The molecule has 1 saturated carbocycles. The molecule has 0 radical (unpaired) electrons. The number of aryl methyl sites for hydroxylation is 1. The second-order valence-electron chi connectivity index (χ2n) is 22.3. The summed E-state index contributed by atoms with van der Waals surface area (Å²) in [6.07, 6.45) is -0.372. The van der Waals surface area contributed by atoms with Crippen molar-refractivity contribution in [1.82, 2.24) is 61.1 Å². The lowest BCUT2D eigenvalue weighted by atomic mass is 9.82. The summed E-state index contributed by atoms with van der Waals surface area (Å²) >= 11 is 6.91. The average Bonchev–Trinajstić information content (AvgIpc) is 1.69. The van der Waals surface area contributed by atoms with Crippen molar-refractivity contribution < 1.29 is 54.0 Å². The summed E-state index contributed by atoms with van der Waals surface area (Å²) in [6, 6.07) is 13.8. The fraction of sp³-hybridized carbons (Fsp3) is 0.311. The topological polar surface area (TPSA) is 368 Å². The summed E-state index contributed by atoms with van der Waals surface area (Å²) in [7, 11) is 0. The summed E-state index contributed by atoms with van der Waals surface area (Å²) in [6.45, 7) is 3.73. The number of thiazole rings is 6. The lowest BCUT2D eigenvalue weighted by molar-refractivity contribution is -0.143. The standard InChI is InChI=1S/C61H57N13O11S6/c1-27-43(76)21-74-48(27)59-71-42(26-90-59)56-67-38(22-87-56)46-34(16-17-35(64-46)55-69-39(23-88-55)50(79)63-20-30-8-12-32(13-9-30)61(84)85)54-68-40(24-86-54)51(80)65-36(19-44(62)77)57-73-45(28(2)91-57)53(82)72-47(49(78)31-6-4-3-5-7-31)58-70-41(25-89-58)52(81)66-37(60(74)83)18-29-10-14-33(75)15-11-29/h3-7,10-11,14-17,22-27,30,32,36-37,43,47-49,75-76,78H,8-9,12-13,18-21H2,1-2H3,(H2,62,77)(H,63,79)(H,65,80)(H,66,81)(H,72,82)(H,84,85)/t27-,30-,32-,36-,37-,43-,47-,48-,49+/m0/s1. The van der Waals surface area contributed by atoms with Gasteiger partial charge in [0.25, 0.3) is 23.6 Å². The van der Waals surface area contributed by atoms with Gasteiger partial charge in [-0.1, -0.05) is 49.4 Å². The number of aromatic nitrogens is 7. The highest BCUT2D eigenvalue weighted by Gasteiger charge is 2.46. The van der Waals surface area contributed by atoms with Crippen LogP contribution in [0.25, 0.3) is 43.4 Å². The van der Waals surface area contributed by atoms with Crippen molar-refractivity contribution in [3.63, 3.8) is 0 Å². The van der Waals surface area contributed by atoms with Crippen LogP contribution in [0.2, 0.25) is 0 Å². The third kappa shape index (κ3) is 13.6. The third-order valence-electron chi connectivity index (χ3n) is 16.2. The van der Waals surface area contributed by atoms with Gasteiger partial charge in [-0.2, -0.15) is 0 Å². The number of nitrogens with zero attached hydrogens (tertiary/aromatic N) is 8. The Kier molecular flexibility index (Phi) is 18.3. The van der Waals surface area contributed by atoms with Gasteiger partial charge in [0.1, 0.15) is 93.8 Å². The molecule has 10 bridgehead atoms. The number of hydrogen-bond donors (Lipinski definition) is 9. The van der Waals surface area contributed by atoms with Crippen molar-refractivity contribution in [3.8, 4) is 49.1 Å². The Morgan fingerprint density at radius 3 is 2.08 bits per heavy atom. The van der Waals surface area contributed by atoms with E-state index in [2.05, 4.69) is 36.2 Å². The van der Waals surface area contributed by atoms with E-state index >= 15 is 4.79 Å². The molecule has 6 amide bonds. The van der Waals surface area contributed by atoms with E-state index in [4.69, 9.17) is 25.7 Å². The van der Waals surface area contributed by atoms with Crippen molar-refractivity contribution in [2.75, 3.05) is 13.1 Å². The van der Waals surface area contributed by atoms with Crippen LogP contribution in [0.15, 0.2) is 93.6 Å². The van der Waals surface area contributed by atoms with E-state index in [0.29, 0.717) is 96.6 Å². The number of nitrogens with two attached hydrogens (primary N) is 1. The van der Waals surface area contributed by atoms with Crippen molar-refractivity contribution >= 4 is 109 Å². The first-order valence-corrected chi connectivity index (χ1v) is 34.0. The Bertz CT molecular complexity index is 4230. The fourth-order valence-electron chi connectivity index (χ4n) is 11.2. The number of fused-ring (bicyclic) bond motifs is 16. The fourth-order valence-corrected chi connectivity index (χ4v) is 16.5. The quantitative estimate of drug-likeness (QED) is 0.0593. The molecule has 468 valence electrons. The first-order chi connectivity index (χ1) is 43.8. The van der Waals surface area contributed by atoms with Crippen LogP contribution in [0, 0.1) is 24.7 Å². The van der Waals surface area contributed by atoms with Gasteiger partial charge in [0.05, 0.1) is 36.2 Å². The molecule has 3 aliphatic rings. The number of carbonyl (C=O) groups excluding carboxylic acids is 6. The maximum absolute atomic E-state index is 15.2. The van der Waals surface area contributed by atoms with Gasteiger partial charge in [-0.05, 0) is 73.9 Å². The predicted molar refractivity (Wildman–Crippen MR) is 341 cm³/mol. The van der Waals surface area contributed by atoms with Crippen molar-refractivity contribution in [1.29, 1.82) is 0 Å². The molecule has 0 unspecified atom stereocenters. The molecule has 9 aromatic rings. The lowest BCUT2D eigenvalue weighted by Gasteiger charge is -2.29. The highest BCUT2D eigenvalue weighted by molar-refractivity contribution is 7.15. The summed E-state index contributed by atoms with van der Waals surface area (Å²) in [5.74, 6) is -5.46. The molecule has 1 aliphatic carbocycles. The van der Waals surface area contributed by atoms with Gasteiger partial charge in [0, 0.05) is 62.8 Å². The number of hydrogen-bond acceptors (Lipinski definition) is 23. The molecule has 12 rings (SSSR count). The number of primary amides is 1. The first kappa shape index (κ1) is 62.6. The van der Waals surface area contributed by atoms with Gasteiger partial charge in [0.2, 0.25) is 11.8 Å². The van der Waals surface area contributed by atoms with Gasteiger partial charge in [-0.15, -0.1) is 68.0 Å². The molecule has 2 aromatic carbocycles. The lowest BCUT2D eigenvalue weighted by Crippen LogP contribution is -2.50. The Morgan fingerprint density at radius 1 is 0.681 bits per heavy atom. The molecule has 7 atom stereocenters. The van der Waals surface area contributed by atoms with Gasteiger partial charge < -0.3 is 52.3 Å². The van der Waals surface area contributed by atoms with Gasteiger partial charge in [0.15, 0.2) is 0 Å². The van der Waals surface area contributed by atoms with E-state index in [9.17, 15) is 49.2 Å². The van der Waals surface area contributed by atoms with E-state index in [0.717, 1.165) is 34.0 Å². The summed E-state index contributed by atoms with van der Waals surface area (Å²) < 4.78 is 0. The van der Waals surface area contributed by atoms with E-state index in [-0.39, 0.29) is 69.2 Å². The molecule has 2 aliphatic heterocycles. The molecular weight excluding hydrogens is 1280 g/mol. The number of carbonyl (C=O) groups is 7.